The topological polar surface area (TPSA) is 101 Å². The van der Waals surface area contributed by atoms with E-state index in [1.54, 1.807) is 0 Å². The summed E-state index contributed by atoms with van der Waals surface area (Å²) in [6.45, 7) is 0. The highest BCUT2D eigenvalue weighted by atomic mass is 32.2. The Labute approximate surface area is 149 Å². The van der Waals surface area contributed by atoms with E-state index in [1.807, 2.05) is 30.3 Å². The van der Waals surface area contributed by atoms with Crippen LogP contribution in [0.4, 0.5) is 10.8 Å². The van der Waals surface area contributed by atoms with E-state index in [9.17, 15) is 13.2 Å². The van der Waals surface area contributed by atoms with Gasteiger partial charge in [0.15, 0.2) is 5.82 Å². The molecule has 0 fully saturated rings. The Kier molecular flexibility index (Phi) is 4.77. The second-order valence-corrected chi connectivity index (χ2v) is 7.70. The molecule has 0 aliphatic heterocycles. The predicted octanol–water partition coefficient (Wildman–Crippen LogP) is 2.83. The first-order chi connectivity index (χ1) is 11.9. The standard InChI is InChI=1S/C16H14N4O3S2/c1-25(22,23)20-13-9-7-12(8-10-13)15(21)18-16-17-14(19-24-16)11-5-3-2-4-6-11/h2-10,20H,1H3,(H,17,18,19,21). The molecule has 0 saturated carbocycles. The van der Waals surface area contributed by atoms with Crippen LogP contribution in [-0.2, 0) is 10.0 Å². The Hall–Kier alpha value is -2.78. The molecular weight excluding hydrogens is 360 g/mol. The highest BCUT2D eigenvalue weighted by Crippen LogP contribution is 2.21. The van der Waals surface area contributed by atoms with Crippen LogP contribution in [0, 0.1) is 0 Å². The van der Waals surface area contributed by atoms with Crippen LogP contribution in [0.3, 0.4) is 0 Å². The highest BCUT2D eigenvalue weighted by molar-refractivity contribution is 7.92. The van der Waals surface area contributed by atoms with Gasteiger partial charge in [-0.15, -0.1) is 0 Å². The molecule has 0 bridgehead atoms. The van der Waals surface area contributed by atoms with Crippen molar-refractivity contribution in [2.24, 2.45) is 0 Å². The van der Waals surface area contributed by atoms with Gasteiger partial charge in [-0.3, -0.25) is 14.8 Å². The number of carbonyl (C=O) groups excluding carboxylic acids is 1. The summed E-state index contributed by atoms with van der Waals surface area (Å²) in [5.41, 5.74) is 1.65. The van der Waals surface area contributed by atoms with Crippen molar-refractivity contribution < 1.29 is 13.2 Å². The van der Waals surface area contributed by atoms with Crippen LogP contribution in [0.1, 0.15) is 10.4 Å². The van der Waals surface area contributed by atoms with Gasteiger partial charge in [0.25, 0.3) is 5.91 Å². The van der Waals surface area contributed by atoms with E-state index in [1.165, 1.54) is 24.3 Å². The number of carbonyl (C=O) groups is 1. The quantitative estimate of drug-likeness (QED) is 0.715. The van der Waals surface area contributed by atoms with Gasteiger partial charge in [0.2, 0.25) is 15.2 Å². The number of anilines is 2. The van der Waals surface area contributed by atoms with Crippen molar-refractivity contribution in [2.45, 2.75) is 0 Å². The summed E-state index contributed by atoms with van der Waals surface area (Å²) in [4.78, 5) is 16.5. The molecule has 0 saturated heterocycles. The minimum atomic E-state index is -3.35. The van der Waals surface area contributed by atoms with Gasteiger partial charge < -0.3 is 0 Å². The molecule has 0 aliphatic rings. The smallest absolute Gasteiger partial charge is 0.257 e. The summed E-state index contributed by atoms with van der Waals surface area (Å²) in [6.07, 6.45) is 1.06. The number of rotatable bonds is 5. The van der Waals surface area contributed by atoms with Crippen LogP contribution < -0.4 is 10.0 Å². The lowest BCUT2D eigenvalue weighted by molar-refractivity contribution is 0.102. The number of hydrogen-bond acceptors (Lipinski definition) is 6. The molecule has 0 unspecified atom stereocenters. The monoisotopic (exact) mass is 374 g/mol. The number of nitrogens with zero attached hydrogens (tertiary/aromatic N) is 2. The molecule has 0 radical (unpaired) electrons. The van der Waals surface area contributed by atoms with E-state index in [2.05, 4.69) is 19.4 Å². The van der Waals surface area contributed by atoms with Gasteiger partial charge in [-0.05, 0) is 24.3 Å². The summed E-state index contributed by atoms with van der Waals surface area (Å²) in [5.74, 6) is 0.204. The SMILES string of the molecule is CS(=O)(=O)Nc1ccc(C(=O)Nc2nc(-c3ccccc3)ns2)cc1. The van der Waals surface area contributed by atoms with Crippen LogP contribution in [0.2, 0.25) is 0 Å². The summed E-state index contributed by atoms with van der Waals surface area (Å²) < 4.78 is 28.9. The lowest BCUT2D eigenvalue weighted by Gasteiger charge is -2.05. The van der Waals surface area contributed by atoms with Crippen molar-refractivity contribution in [1.29, 1.82) is 0 Å². The van der Waals surface area contributed by atoms with Crippen LogP contribution >= 0.6 is 11.5 Å². The zero-order valence-corrected chi connectivity index (χ0v) is 14.8. The largest absolute Gasteiger partial charge is 0.297 e. The van der Waals surface area contributed by atoms with Gasteiger partial charge in [0.05, 0.1) is 6.26 Å². The third kappa shape index (κ3) is 4.61. The molecule has 2 N–H and O–H groups in total. The van der Waals surface area contributed by atoms with Crippen molar-refractivity contribution in [3.63, 3.8) is 0 Å². The number of amides is 1. The average molecular weight is 374 g/mol. The first-order valence-corrected chi connectivity index (χ1v) is 9.85. The van der Waals surface area contributed by atoms with Gasteiger partial charge in [-0.25, -0.2) is 8.42 Å². The first kappa shape index (κ1) is 17.1. The van der Waals surface area contributed by atoms with Crippen molar-refractivity contribution >= 4 is 38.3 Å². The Morgan fingerprint density at radius 3 is 2.36 bits per heavy atom. The lowest BCUT2D eigenvalue weighted by Crippen LogP contribution is -2.12. The summed E-state index contributed by atoms with van der Waals surface area (Å²) in [7, 11) is -3.35. The van der Waals surface area contributed by atoms with Gasteiger partial charge in [-0.2, -0.15) is 9.36 Å². The van der Waals surface area contributed by atoms with Gasteiger partial charge in [0, 0.05) is 28.3 Å². The molecule has 3 rings (SSSR count). The van der Waals surface area contributed by atoms with Crippen LogP contribution in [0.25, 0.3) is 11.4 Å². The second kappa shape index (κ2) is 6.99. The maximum absolute atomic E-state index is 12.2. The molecule has 1 aromatic heterocycles. The Morgan fingerprint density at radius 1 is 1.04 bits per heavy atom. The maximum atomic E-state index is 12.2. The number of nitrogens with one attached hydrogen (secondary N) is 2. The third-order valence-corrected chi connectivity index (χ3v) is 4.37. The van der Waals surface area contributed by atoms with Crippen molar-refractivity contribution in [2.75, 3.05) is 16.3 Å². The Morgan fingerprint density at radius 2 is 1.72 bits per heavy atom. The second-order valence-electron chi connectivity index (χ2n) is 5.19. The number of aromatic nitrogens is 2. The molecule has 25 heavy (non-hydrogen) atoms. The average Bonchev–Trinajstić information content (AvgIpc) is 3.03. The molecule has 7 nitrogen and oxygen atoms in total. The fourth-order valence-corrected chi connectivity index (χ4v) is 3.20. The lowest BCUT2D eigenvalue weighted by atomic mass is 10.2. The van der Waals surface area contributed by atoms with E-state index >= 15 is 0 Å². The molecule has 0 spiro atoms. The summed E-state index contributed by atoms with van der Waals surface area (Å²) in [5, 5.41) is 3.07. The third-order valence-electron chi connectivity index (χ3n) is 3.13. The Bertz CT molecular complexity index is 984. The zero-order chi connectivity index (χ0) is 17.9. The van der Waals surface area contributed by atoms with Gasteiger partial charge in [-0.1, -0.05) is 30.3 Å². The molecule has 0 atom stereocenters. The van der Waals surface area contributed by atoms with E-state index in [0.717, 1.165) is 23.4 Å². The van der Waals surface area contributed by atoms with E-state index < -0.39 is 10.0 Å². The maximum Gasteiger partial charge on any atom is 0.257 e. The molecule has 9 heteroatoms. The van der Waals surface area contributed by atoms with Crippen molar-refractivity contribution in [1.82, 2.24) is 9.36 Å². The molecule has 0 aliphatic carbocycles. The zero-order valence-electron chi connectivity index (χ0n) is 13.1. The van der Waals surface area contributed by atoms with Crippen LogP contribution in [0.15, 0.2) is 54.6 Å². The number of benzene rings is 2. The fourth-order valence-electron chi connectivity index (χ4n) is 2.05. The summed E-state index contributed by atoms with van der Waals surface area (Å²) >= 11 is 1.09. The number of sulfonamides is 1. The van der Waals surface area contributed by atoms with E-state index in [0.29, 0.717) is 22.2 Å². The van der Waals surface area contributed by atoms with Crippen LogP contribution in [0.5, 0.6) is 0 Å². The first-order valence-electron chi connectivity index (χ1n) is 7.19. The summed E-state index contributed by atoms with van der Waals surface area (Å²) in [6, 6.07) is 15.6. The fraction of sp³-hybridized carbons (Fsp3) is 0.0625. The van der Waals surface area contributed by atoms with E-state index in [4.69, 9.17) is 0 Å². The minimum Gasteiger partial charge on any atom is -0.297 e. The number of hydrogen-bond donors (Lipinski definition) is 2. The molecule has 128 valence electrons. The molecule has 1 amide bonds. The predicted molar refractivity (Wildman–Crippen MR) is 98.2 cm³/mol. The molecular formula is C16H14N4O3S2. The van der Waals surface area contributed by atoms with Crippen LogP contribution in [-0.4, -0.2) is 29.9 Å². The molecule has 1 heterocycles. The van der Waals surface area contributed by atoms with Gasteiger partial charge in [0.1, 0.15) is 0 Å². The van der Waals surface area contributed by atoms with E-state index in [-0.39, 0.29) is 5.91 Å². The van der Waals surface area contributed by atoms with Crippen molar-refractivity contribution in [3.05, 3.63) is 60.2 Å². The highest BCUT2D eigenvalue weighted by Gasteiger charge is 2.11. The Balaban J connectivity index is 1.69. The molecule has 2 aromatic carbocycles. The normalized spacial score (nSPS) is 11.1. The van der Waals surface area contributed by atoms with Crippen molar-refractivity contribution in [3.8, 4) is 11.4 Å². The minimum absolute atomic E-state index is 0.346. The van der Waals surface area contributed by atoms with Gasteiger partial charge >= 0.3 is 0 Å². The molecule has 3 aromatic rings.